The lowest BCUT2D eigenvalue weighted by molar-refractivity contribution is -0.146. The molecule has 0 aromatic carbocycles. The number of rotatable bonds is 5. The van der Waals surface area contributed by atoms with Crippen molar-refractivity contribution in [3.63, 3.8) is 0 Å². The Kier molecular flexibility index (Phi) is 5.61. The molecule has 0 bridgehead atoms. The molecule has 1 heterocycles. The minimum absolute atomic E-state index is 0.140. The van der Waals surface area contributed by atoms with E-state index in [0.29, 0.717) is 12.6 Å². The van der Waals surface area contributed by atoms with Gasteiger partial charge < -0.3 is 4.74 Å². The minimum atomic E-state index is -0.303. The highest BCUT2D eigenvalue weighted by Gasteiger charge is 2.28. The fourth-order valence-electron chi connectivity index (χ4n) is 2.95. The molecule has 4 heteroatoms. The van der Waals surface area contributed by atoms with Gasteiger partial charge in [0.05, 0.1) is 6.61 Å². The molecule has 1 unspecified atom stereocenters. The van der Waals surface area contributed by atoms with Gasteiger partial charge in [0.1, 0.15) is 6.04 Å². The van der Waals surface area contributed by atoms with Gasteiger partial charge >= 0.3 is 5.97 Å². The van der Waals surface area contributed by atoms with Gasteiger partial charge in [-0.3, -0.25) is 5.32 Å². The number of hydrogen-bond acceptors (Lipinski definition) is 4. The van der Waals surface area contributed by atoms with Crippen molar-refractivity contribution in [3.05, 3.63) is 21.4 Å². The molecule has 0 amide bonds. The molecule has 1 saturated carbocycles. The normalized spacial score (nSPS) is 17.9. The van der Waals surface area contributed by atoms with E-state index in [1.165, 1.54) is 29.0 Å². The number of aryl methyl sites for hydroxylation is 2. The summed E-state index contributed by atoms with van der Waals surface area (Å²) < 4.78 is 5.27. The van der Waals surface area contributed by atoms with E-state index in [4.69, 9.17) is 4.74 Å². The molecular weight excluding hydrogens is 270 g/mol. The van der Waals surface area contributed by atoms with Crippen LogP contribution >= 0.6 is 11.3 Å². The number of esters is 1. The van der Waals surface area contributed by atoms with Crippen molar-refractivity contribution in [1.29, 1.82) is 0 Å². The quantitative estimate of drug-likeness (QED) is 0.837. The van der Waals surface area contributed by atoms with E-state index in [9.17, 15) is 4.79 Å². The molecule has 1 aliphatic carbocycles. The van der Waals surface area contributed by atoms with Crippen LogP contribution in [0.5, 0.6) is 0 Å². The van der Waals surface area contributed by atoms with Crippen molar-refractivity contribution in [2.45, 2.75) is 65.0 Å². The van der Waals surface area contributed by atoms with Crippen molar-refractivity contribution < 1.29 is 9.53 Å². The fraction of sp³-hybridized carbons (Fsp3) is 0.688. The fourth-order valence-corrected chi connectivity index (χ4v) is 3.92. The van der Waals surface area contributed by atoms with Gasteiger partial charge in [0.25, 0.3) is 0 Å². The van der Waals surface area contributed by atoms with E-state index in [1.807, 2.05) is 6.92 Å². The average Bonchev–Trinajstić information content (AvgIpc) is 2.76. The van der Waals surface area contributed by atoms with Gasteiger partial charge in [-0.25, -0.2) is 4.79 Å². The van der Waals surface area contributed by atoms with Crippen LogP contribution in [0.2, 0.25) is 0 Å². The molecule has 112 valence electrons. The summed E-state index contributed by atoms with van der Waals surface area (Å²) in [4.78, 5) is 14.8. The molecule has 0 aliphatic heterocycles. The second-order valence-electron chi connectivity index (χ2n) is 5.56. The van der Waals surface area contributed by atoms with Gasteiger partial charge in [-0.1, -0.05) is 19.3 Å². The summed E-state index contributed by atoms with van der Waals surface area (Å²) in [6.45, 7) is 6.47. The summed E-state index contributed by atoms with van der Waals surface area (Å²) in [5.41, 5.74) is 1.09. The SMILES string of the molecule is CCOC(=O)C(NC1CCCCC1)c1cc(C)sc1C. The molecule has 0 radical (unpaired) electrons. The Morgan fingerprint density at radius 3 is 2.65 bits per heavy atom. The highest BCUT2D eigenvalue weighted by atomic mass is 32.1. The molecular formula is C16H25NO2S. The van der Waals surface area contributed by atoms with Crippen LogP contribution in [0.25, 0.3) is 0 Å². The zero-order valence-electron chi connectivity index (χ0n) is 12.7. The molecule has 1 aromatic heterocycles. The maximum absolute atomic E-state index is 12.3. The molecule has 1 N–H and O–H groups in total. The van der Waals surface area contributed by atoms with Crippen LogP contribution in [0.15, 0.2) is 6.07 Å². The van der Waals surface area contributed by atoms with Gasteiger partial charge in [-0.15, -0.1) is 11.3 Å². The Balaban J connectivity index is 2.15. The molecule has 1 aliphatic rings. The first-order chi connectivity index (χ1) is 9.61. The predicted molar refractivity (Wildman–Crippen MR) is 83.2 cm³/mol. The Bertz CT molecular complexity index is 449. The summed E-state index contributed by atoms with van der Waals surface area (Å²) in [6, 6.07) is 2.26. The smallest absolute Gasteiger partial charge is 0.327 e. The van der Waals surface area contributed by atoms with Crippen molar-refractivity contribution in [2.75, 3.05) is 6.61 Å². The van der Waals surface area contributed by atoms with E-state index in [2.05, 4.69) is 25.2 Å². The first-order valence-corrected chi connectivity index (χ1v) is 8.43. The van der Waals surface area contributed by atoms with Gasteiger partial charge in [0.2, 0.25) is 0 Å². The molecule has 1 aromatic rings. The highest BCUT2D eigenvalue weighted by Crippen LogP contribution is 2.29. The van der Waals surface area contributed by atoms with Gasteiger partial charge in [0, 0.05) is 15.8 Å². The van der Waals surface area contributed by atoms with Crippen LogP contribution in [0.3, 0.4) is 0 Å². The molecule has 2 rings (SSSR count). The summed E-state index contributed by atoms with van der Waals surface area (Å²) >= 11 is 1.75. The predicted octanol–water partition coefficient (Wildman–Crippen LogP) is 3.89. The van der Waals surface area contributed by atoms with E-state index >= 15 is 0 Å². The van der Waals surface area contributed by atoms with E-state index < -0.39 is 0 Å². The molecule has 20 heavy (non-hydrogen) atoms. The van der Waals surface area contributed by atoms with Crippen LogP contribution in [0.1, 0.15) is 60.4 Å². The number of carbonyl (C=O) groups is 1. The molecule has 0 saturated heterocycles. The summed E-state index contributed by atoms with van der Waals surface area (Å²) in [7, 11) is 0. The van der Waals surface area contributed by atoms with Crippen LogP contribution in [-0.4, -0.2) is 18.6 Å². The third-order valence-corrected chi connectivity index (χ3v) is 4.90. The van der Waals surface area contributed by atoms with Gasteiger partial charge in [0.15, 0.2) is 0 Å². The van der Waals surface area contributed by atoms with Gasteiger partial charge in [-0.2, -0.15) is 0 Å². The van der Waals surface area contributed by atoms with Crippen molar-refractivity contribution in [1.82, 2.24) is 5.32 Å². The number of hydrogen-bond donors (Lipinski definition) is 1. The molecule has 0 spiro atoms. The summed E-state index contributed by atoms with van der Waals surface area (Å²) in [5.74, 6) is -0.140. The van der Waals surface area contributed by atoms with Crippen LogP contribution in [0, 0.1) is 13.8 Å². The number of ether oxygens (including phenoxy) is 1. The van der Waals surface area contributed by atoms with Crippen LogP contribution < -0.4 is 5.32 Å². The summed E-state index contributed by atoms with van der Waals surface area (Å²) in [6.07, 6.45) is 6.17. The topological polar surface area (TPSA) is 38.3 Å². The Morgan fingerprint density at radius 2 is 2.10 bits per heavy atom. The minimum Gasteiger partial charge on any atom is -0.465 e. The largest absolute Gasteiger partial charge is 0.465 e. The Morgan fingerprint density at radius 1 is 1.40 bits per heavy atom. The lowest BCUT2D eigenvalue weighted by atomic mass is 9.94. The molecule has 3 nitrogen and oxygen atoms in total. The van der Waals surface area contributed by atoms with E-state index in [0.717, 1.165) is 18.4 Å². The van der Waals surface area contributed by atoms with Crippen LogP contribution in [0.4, 0.5) is 0 Å². The van der Waals surface area contributed by atoms with Crippen molar-refractivity contribution in [2.24, 2.45) is 0 Å². The maximum atomic E-state index is 12.3. The lowest BCUT2D eigenvalue weighted by Gasteiger charge is -2.27. The monoisotopic (exact) mass is 295 g/mol. The number of thiophene rings is 1. The third-order valence-electron chi connectivity index (χ3n) is 3.92. The second kappa shape index (κ2) is 7.23. The summed E-state index contributed by atoms with van der Waals surface area (Å²) in [5, 5.41) is 3.54. The maximum Gasteiger partial charge on any atom is 0.327 e. The van der Waals surface area contributed by atoms with E-state index in [1.54, 1.807) is 11.3 Å². The molecule has 1 atom stereocenters. The highest BCUT2D eigenvalue weighted by molar-refractivity contribution is 7.12. The first kappa shape index (κ1) is 15.5. The zero-order chi connectivity index (χ0) is 14.5. The average molecular weight is 295 g/mol. The standard InChI is InChI=1S/C16H25NO2S/c1-4-19-16(18)15(14-10-11(2)20-12(14)3)17-13-8-6-5-7-9-13/h10,13,15,17H,4-9H2,1-3H3. The first-order valence-electron chi connectivity index (χ1n) is 7.61. The Labute approximate surface area is 125 Å². The zero-order valence-corrected chi connectivity index (χ0v) is 13.5. The lowest BCUT2D eigenvalue weighted by Crippen LogP contribution is -2.39. The van der Waals surface area contributed by atoms with Crippen molar-refractivity contribution >= 4 is 17.3 Å². The number of nitrogens with one attached hydrogen (secondary N) is 1. The third kappa shape index (κ3) is 3.83. The molecule has 1 fully saturated rings. The Hall–Kier alpha value is -0.870. The second-order valence-corrected chi connectivity index (χ2v) is 7.02. The van der Waals surface area contributed by atoms with E-state index in [-0.39, 0.29) is 12.0 Å². The van der Waals surface area contributed by atoms with Crippen LogP contribution in [-0.2, 0) is 9.53 Å². The van der Waals surface area contributed by atoms with Crippen molar-refractivity contribution in [3.8, 4) is 0 Å². The van der Waals surface area contributed by atoms with Gasteiger partial charge in [-0.05, 0) is 45.2 Å². The number of carbonyl (C=O) groups excluding carboxylic acids is 1.